The van der Waals surface area contributed by atoms with Gasteiger partial charge >= 0.3 is 5.97 Å². The van der Waals surface area contributed by atoms with Crippen LogP contribution in [0.3, 0.4) is 0 Å². The Bertz CT molecular complexity index is 613. The second-order valence-electron chi connectivity index (χ2n) is 3.92. The molecule has 0 saturated carbocycles. The Morgan fingerprint density at radius 2 is 1.85 bits per heavy atom. The smallest absolute Gasteiger partial charge is 0.325 e. The number of halogens is 1. The molecule has 2 rings (SSSR count). The molecule has 0 atom stereocenters. The van der Waals surface area contributed by atoms with E-state index in [0.717, 1.165) is 6.07 Å². The van der Waals surface area contributed by atoms with E-state index in [1.807, 2.05) is 0 Å². The van der Waals surface area contributed by atoms with Crippen LogP contribution in [0.25, 0.3) is 0 Å². The molecule has 1 fully saturated rings. The third-order valence-corrected chi connectivity index (χ3v) is 2.51. The van der Waals surface area contributed by atoms with Gasteiger partial charge in [-0.2, -0.15) is 0 Å². The highest BCUT2D eigenvalue weighted by Gasteiger charge is 2.33. The molecule has 1 aromatic carbocycles. The predicted molar refractivity (Wildman–Crippen MR) is 59.6 cm³/mol. The van der Waals surface area contributed by atoms with Gasteiger partial charge in [0.25, 0.3) is 17.5 Å². The first-order chi connectivity index (χ1) is 9.38. The van der Waals surface area contributed by atoms with Crippen molar-refractivity contribution in [1.29, 1.82) is 0 Å². The molecule has 1 saturated heterocycles. The molecule has 1 aromatic rings. The molecule has 0 bridgehead atoms. The van der Waals surface area contributed by atoms with E-state index in [0.29, 0.717) is 12.1 Å². The highest BCUT2D eigenvalue weighted by atomic mass is 19.1. The molecule has 1 aliphatic rings. The zero-order valence-electron chi connectivity index (χ0n) is 9.87. The van der Waals surface area contributed by atoms with Crippen molar-refractivity contribution in [2.24, 2.45) is 0 Å². The number of non-ortho nitro benzene ring substituents is 1. The van der Waals surface area contributed by atoms with Gasteiger partial charge < -0.3 is 4.84 Å². The molecule has 0 unspecified atom stereocenters. The van der Waals surface area contributed by atoms with Crippen LogP contribution in [0.15, 0.2) is 18.2 Å². The molecule has 20 heavy (non-hydrogen) atoms. The Kier molecular flexibility index (Phi) is 3.42. The summed E-state index contributed by atoms with van der Waals surface area (Å²) in [5, 5.41) is 10.8. The minimum Gasteiger partial charge on any atom is -0.325 e. The van der Waals surface area contributed by atoms with Gasteiger partial charge in [-0.05, 0) is 6.07 Å². The lowest BCUT2D eigenvalue weighted by molar-refractivity contribution is -0.385. The van der Waals surface area contributed by atoms with Gasteiger partial charge in [0.15, 0.2) is 0 Å². The summed E-state index contributed by atoms with van der Waals surface area (Å²) in [4.78, 5) is 48.3. The first-order valence-electron chi connectivity index (χ1n) is 5.41. The van der Waals surface area contributed by atoms with Gasteiger partial charge in [-0.15, -0.1) is 5.06 Å². The number of benzene rings is 1. The molecule has 2 amide bonds. The van der Waals surface area contributed by atoms with Crippen molar-refractivity contribution in [2.75, 3.05) is 0 Å². The van der Waals surface area contributed by atoms with Crippen molar-refractivity contribution in [3.05, 3.63) is 39.7 Å². The number of amides is 2. The summed E-state index contributed by atoms with van der Waals surface area (Å²) in [6.45, 7) is 0. The van der Waals surface area contributed by atoms with Crippen molar-refractivity contribution in [3.63, 3.8) is 0 Å². The number of carbonyl (C=O) groups excluding carboxylic acids is 3. The Balaban J connectivity index is 2.23. The third kappa shape index (κ3) is 2.60. The molecular formula is C11H7FN2O6. The maximum Gasteiger partial charge on any atom is 0.364 e. The van der Waals surface area contributed by atoms with Crippen molar-refractivity contribution < 1.29 is 28.5 Å². The molecule has 1 aliphatic heterocycles. The fourth-order valence-electron chi connectivity index (χ4n) is 1.59. The van der Waals surface area contributed by atoms with Crippen LogP contribution in [0.5, 0.6) is 0 Å². The van der Waals surface area contributed by atoms with Crippen LogP contribution in [-0.2, 0) is 14.4 Å². The number of hydrogen-bond acceptors (Lipinski definition) is 6. The number of nitro benzene ring substituents is 1. The monoisotopic (exact) mass is 282 g/mol. The Morgan fingerprint density at radius 1 is 1.25 bits per heavy atom. The molecule has 0 N–H and O–H groups in total. The Labute approximate surface area is 110 Å². The summed E-state index contributed by atoms with van der Waals surface area (Å²) >= 11 is 0. The number of nitro groups is 1. The molecule has 9 heteroatoms. The lowest BCUT2D eigenvalue weighted by Crippen LogP contribution is -2.32. The minimum atomic E-state index is -1.23. The maximum atomic E-state index is 13.2. The zero-order chi connectivity index (χ0) is 14.9. The molecule has 0 radical (unpaired) electrons. The number of imide groups is 1. The molecule has 0 aliphatic carbocycles. The van der Waals surface area contributed by atoms with Crippen LogP contribution in [-0.4, -0.2) is 27.8 Å². The summed E-state index contributed by atoms with van der Waals surface area (Å²) in [7, 11) is 0. The number of hydrogen-bond donors (Lipinski definition) is 0. The Hall–Kier alpha value is -2.84. The van der Waals surface area contributed by atoms with Gasteiger partial charge in [0.2, 0.25) is 0 Å². The summed E-state index contributed by atoms with van der Waals surface area (Å²) in [5.41, 5.74) is -1.11. The van der Waals surface area contributed by atoms with Crippen LogP contribution >= 0.6 is 0 Å². The van der Waals surface area contributed by atoms with Crippen LogP contribution in [0.2, 0.25) is 0 Å². The summed E-state index contributed by atoms with van der Waals surface area (Å²) < 4.78 is 13.2. The molecular weight excluding hydrogens is 275 g/mol. The second kappa shape index (κ2) is 5.03. The quantitative estimate of drug-likeness (QED) is 0.464. The number of carbonyl (C=O) groups is 3. The molecule has 1 heterocycles. The Morgan fingerprint density at radius 3 is 2.40 bits per heavy atom. The van der Waals surface area contributed by atoms with E-state index < -0.39 is 39.8 Å². The van der Waals surface area contributed by atoms with E-state index in [1.165, 1.54) is 0 Å². The van der Waals surface area contributed by atoms with Crippen molar-refractivity contribution in [2.45, 2.75) is 12.8 Å². The summed E-state index contributed by atoms with van der Waals surface area (Å²) in [6, 6.07) is 2.12. The number of nitrogens with zero attached hydrogens (tertiary/aromatic N) is 2. The van der Waals surface area contributed by atoms with Crippen molar-refractivity contribution >= 4 is 23.5 Å². The zero-order valence-corrected chi connectivity index (χ0v) is 9.87. The normalized spacial score (nSPS) is 14.6. The predicted octanol–water partition coefficient (Wildman–Crippen LogP) is 0.955. The van der Waals surface area contributed by atoms with Crippen molar-refractivity contribution in [3.8, 4) is 0 Å². The largest absolute Gasteiger partial charge is 0.364 e. The van der Waals surface area contributed by atoms with Crippen LogP contribution in [0, 0.1) is 15.9 Å². The maximum absolute atomic E-state index is 13.2. The fourth-order valence-corrected chi connectivity index (χ4v) is 1.59. The highest BCUT2D eigenvalue weighted by molar-refractivity contribution is 6.02. The van der Waals surface area contributed by atoms with E-state index in [4.69, 9.17) is 0 Å². The fraction of sp³-hybridized carbons (Fsp3) is 0.182. The second-order valence-corrected chi connectivity index (χ2v) is 3.92. The first-order valence-corrected chi connectivity index (χ1v) is 5.41. The lowest BCUT2D eigenvalue weighted by Gasteiger charge is -2.12. The topological polar surface area (TPSA) is 107 Å². The molecule has 104 valence electrons. The standard InChI is InChI=1S/C11H7FN2O6/c12-7-3-6(4-8(5-7)14(18)19)11(17)20-13-9(15)1-2-10(13)16/h3-5H,1-2H2. The van der Waals surface area contributed by atoms with Crippen LogP contribution in [0.4, 0.5) is 10.1 Å². The first kappa shape index (κ1) is 13.6. The number of rotatable bonds is 3. The highest BCUT2D eigenvalue weighted by Crippen LogP contribution is 2.19. The minimum absolute atomic E-state index is 0.0879. The van der Waals surface area contributed by atoms with E-state index in [-0.39, 0.29) is 17.9 Å². The lowest BCUT2D eigenvalue weighted by atomic mass is 10.2. The van der Waals surface area contributed by atoms with Gasteiger partial charge in [0.05, 0.1) is 16.6 Å². The molecule has 0 aromatic heterocycles. The van der Waals surface area contributed by atoms with Gasteiger partial charge in [-0.1, -0.05) is 0 Å². The van der Waals surface area contributed by atoms with E-state index in [2.05, 4.69) is 4.84 Å². The molecule has 0 spiro atoms. The average Bonchev–Trinajstić information content (AvgIpc) is 2.69. The van der Waals surface area contributed by atoms with Gasteiger partial charge in [0, 0.05) is 18.9 Å². The van der Waals surface area contributed by atoms with Gasteiger partial charge in [-0.3, -0.25) is 19.7 Å². The summed E-state index contributed by atoms with van der Waals surface area (Å²) in [5.74, 6) is -3.63. The summed E-state index contributed by atoms with van der Waals surface area (Å²) in [6.07, 6.45) is -0.176. The van der Waals surface area contributed by atoms with Crippen LogP contribution in [0.1, 0.15) is 23.2 Å². The average molecular weight is 282 g/mol. The third-order valence-electron chi connectivity index (χ3n) is 2.51. The van der Waals surface area contributed by atoms with E-state index >= 15 is 0 Å². The molecule has 8 nitrogen and oxygen atoms in total. The van der Waals surface area contributed by atoms with Gasteiger partial charge in [0.1, 0.15) is 5.82 Å². The van der Waals surface area contributed by atoms with Gasteiger partial charge in [-0.25, -0.2) is 9.18 Å². The van der Waals surface area contributed by atoms with Crippen molar-refractivity contribution in [1.82, 2.24) is 5.06 Å². The number of hydroxylamine groups is 2. The SMILES string of the molecule is O=C(ON1C(=O)CCC1=O)c1cc(F)cc([N+](=O)[O-])c1. The van der Waals surface area contributed by atoms with E-state index in [1.54, 1.807) is 0 Å². The van der Waals surface area contributed by atoms with Crippen LogP contribution < -0.4 is 0 Å². The van der Waals surface area contributed by atoms with E-state index in [9.17, 15) is 28.9 Å².